The second-order valence-corrected chi connectivity index (χ2v) is 7.44. The molecular formula is C19H15BrFN3OS. The van der Waals surface area contributed by atoms with Crippen molar-refractivity contribution in [1.82, 2.24) is 9.97 Å². The average Bonchev–Trinajstić information content (AvgIpc) is 2.59. The largest absolute Gasteiger partial charge is 0.325 e. The van der Waals surface area contributed by atoms with Crippen LogP contribution in [0.1, 0.15) is 5.69 Å². The van der Waals surface area contributed by atoms with Crippen molar-refractivity contribution in [2.75, 3.05) is 11.1 Å². The summed E-state index contributed by atoms with van der Waals surface area (Å²) in [6.07, 6.45) is 0. The first-order chi connectivity index (χ1) is 12.5. The van der Waals surface area contributed by atoms with Gasteiger partial charge in [0.25, 0.3) is 0 Å². The number of benzene rings is 2. The van der Waals surface area contributed by atoms with E-state index in [1.54, 1.807) is 18.2 Å². The number of amides is 1. The van der Waals surface area contributed by atoms with E-state index in [0.29, 0.717) is 16.4 Å². The Hall–Kier alpha value is -2.25. The number of anilines is 1. The molecule has 0 atom stereocenters. The zero-order valence-electron chi connectivity index (χ0n) is 13.9. The minimum atomic E-state index is -0.338. The summed E-state index contributed by atoms with van der Waals surface area (Å²) in [5, 5.41) is 3.51. The van der Waals surface area contributed by atoms with Gasteiger partial charge in [-0.25, -0.2) is 14.4 Å². The molecule has 3 rings (SSSR count). The Morgan fingerprint density at radius 2 is 1.96 bits per heavy atom. The second kappa shape index (κ2) is 8.42. The van der Waals surface area contributed by atoms with Crippen molar-refractivity contribution in [2.24, 2.45) is 0 Å². The summed E-state index contributed by atoms with van der Waals surface area (Å²) in [4.78, 5) is 20.9. The summed E-state index contributed by atoms with van der Waals surface area (Å²) in [5.41, 5.74) is 2.09. The number of halogens is 2. The number of thioether (sulfide) groups is 1. The fraction of sp³-hybridized carbons (Fsp3) is 0.105. The van der Waals surface area contributed by atoms with Gasteiger partial charge in [-0.2, -0.15) is 0 Å². The molecular weight excluding hydrogens is 417 g/mol. The smallest absolute Gasteiger partial charge is 0.234 e. The summed E-state index contributed by atoms with van der Waals surface area (Å²) in [7, 11) is 0. The number of rotatable bonds is 5. The number of aryl methyl sites for hydroxylation is 1. The molecule has 1 aromatic heterocycles. The van der Waals surface area contributed by atoms with Crippen LogP contribution < -0.4 is 5.32 Å². The molecule has 1 amide bonds. The van der Waals surface area contributed by atoms with Gasteiger partial charge in [0.2, 0.25) is 5.91 Å². The molecule has 3 aromatic rings. The van der Waals surface area contributed by atoms with Crippen molar-refractivity contribution in [3.8, 4) is 11.4 Å². The van der Waals surface area contributed by atoms with E-state index < -0.39 is 0 Å². The van der Waals surface area contributed by atoms with Crippen LogP contribution in [0.5, 0.6) is 0 Å². The number of nitrogens with zero attached hydrogens (tertiary/aromatic N) is 2. The minimum absolute atomic E-state index is 0.128. The first-order valence-corrected chi connectivity index (χ1v) is 9.57. The van der Waals surface area contributed by atoms with Crippen LogP contribution in [-0.4, -0.2) is 21.6 Å². The van der Waals surface area contributed by atoms with Gasteiger partial charge in [-0.05, 0) is 43.3 Å². The summed E-state index contributed by atoms with van der Waals surface area (Å²) in [5.74, 6) is 0.192. The van der Waals surface area contributed by atoms with Crippen molar-refractivity contribution >= 4 is 39.3 Å². The standard InChI is InChI=1S/C19H15BrFN3OS/c1-12-8-18(24-19(22-12)13-4-2-6-15(21)9-13)26-11-17(25)23-16-7-3-5-14(20)10-16/h2-10H,11H2,1H3,(H,23,25). The zero-order chi connectivity index (χ0) is 18.5. The van der Waals surface area contributed by atoms with E-state index in [0.717, 1.165) is 15.9 Å². The molecule has 26 heavy (non-hydrogen) atoms. The first-order valence-electron chi connectivity index (χ1n) is 7.79. The van der Waals surface area contributed by atoms with Crippen LogP contribution in [0.2, 0.25) is 0 Å². The Morgan fingerprint density at radius 1 is 1.15 bits per heavy atom. The molecule has 0 saturated heterocycles. The van der Waals surface area contributed by atoms with Crippen molar-refractivity contribution in [1.29, 1.82) is 0 Å². The van der Waals surface area contributed by atoms with E-state index in [1.807, 2.05) is 31.2 Å². The highest BCUT2D eigenvalue weighted by molar-refractivity contribution is 9.10. The van der Waals surface area contributed by atoms with E-state index >= 15 is 0 Å². The zero-order valence-corrected chi connectivity index (χ0v) is 16.3. The van der Waals surface area contributed by atoms with Gasteiger partial charge in [-0.15, -0.1) is 0 Å². The SMILES string of the molecule is Cc1cc(SCC(=O)Nc2cccc(Br)c2)nc(-c2cccc(F)c2)n1. The van der Waals surface area contributed by atoms with Gasteiger partial charge in [-0.1, -0.05) is 45.9 Å². The second-order valence-electron chi connectivity index (χ2n) is 5.53. The predicted molar refractivity (Wildman–Crippen MR) is 106 cm³/mol. The molecule has 0 saturated carbocycles. The Labute approximate surface area is 163 Å². The summed E-state index contributed by atoms with van der Waals surface area (Å²) in [6, 6.07) is 15.3. The first kappa shape index (κ1) is 18.5. The Kier molecular flexibility index (Phi) is 6.00. The van der Waals surface area contributed by atoms with Gasteiger partial charge in [0, 0.05) is 21.4 Å². The lowest BCUT2D eigenvalue weighted by Gasteiger charge is -2.07. The Balaban J connectivity index is 1.69. The Morgan fingerprint density at radius 3 is 2.73 bits per heavy atom. The third-order valence-corrected chi connectivity index (χ3v) is 4.78. The molecule has 0 radical (unpaired) electrons. The number of carbonyl (C=O) groups is 1. The maximum Gasteiger partial charge on any atom is 0.234 e. The highest BCUT2D eigenvalue weighted by Crippen LogP contribution is 2.23. The third kappa shape index (κ3) is 5.12. The fourth-order valence-electron chi connectivity index (χ4n) is 2.27. The van der Waals surface area contributed by atoms with E-state index in [-0.39, 0.29) is 17.5 Å². The van der Waals surface area contributed by atoms with Crippen molar-refractivity contribution in [3.63, 3.8) is 0 Å². The van der Waals surface area contributed by atoms with Gasteiger partial charge in [-0.3, -0.25) is 4.79 Å². The molecule has 132 valence electrons. The van der Waals surface area contributed by atoms with Crippen LogP contribution in [0.25, 0.3) is 11.4 Å². The highest BCUT2D eigenvalue weighted by atomic mass is 79.9. The minimum Gasteiger partial charge on any atom is -0.325 e. The summed E-state index contributed by atoms with van der Waals surface area (Å²) >= 11 is 4.68. The molecule has 0 aliphatic carbocycles. The van der Waals surface area contributed by atoms with Crippen LogP contribution in [0.3, 0.4) is 0 Å². The summed E-state index contributed by atoms with van der Waals surface area (Å²) in [6.45, 7) is 1.84. The topological polar surface area (TPSA) is 54.9 Å². The maximum atomic E-state index is 13.4. The maximum absolute atomic E-state index is 13.4. The number of hydrogen-bond donors (Lipinski definition) is 1. The molecule has 0 spiro atoms. The van der Waals surface area contributed by atoms with E-state index in [2.05, 4.69) is 31.2 Å². The number of aromatic nitrogens is 2. The third-order valence-electron chi connectivity index (χ3n) is 3.37. The van der Waals surface area contributed by atoms with Gasteiger partial charge in [0.15, 0.2) is 5.82 Å². The fourth-order valence-corrected chi connectivity index (χ4v) is 3.43. The van der Waals surface area contributed by atoms with Crippen LogP contribution in [0.4, 0.5) is 10.1 Å². The molecule has 1 heterocycles. The summed E-state index contributed by atoms with van der Waals surface area (Å²) < 4.78 is 14.3. The van der Waals surface area contributed by atoms with Crippen molar-refractivity contribution in [2.45, 2.75) is 11.9 Å². The van der Waals surface area contributed by atoms with Gasteiger partial charge in [0.05, 0.1) is 5.75 Å². The van der Waals surface area contributed by atoms with E-state index in [4.69, 9.17) is 0 Å². The van der Waals surface area contributed by atoms with E-state index in [1.165, 1.54) is 23.9 Å². The molecule has 0 unspecified atom stereocenters. The predicted octanol–water partition coefficient (Wildman–Crippen LogP) is 5.08. The quantitative estimate of drug-likeness (QED) is 0.451. The molecule has 2 aromatic carbocycles. The molecule has 0 aliphatic rings. The van der Waals surface area contributed by atoms with Gasteiger partial charge >= 0.3 is 0 Å². The lowest BCUT2D eigenvalue weighted by atomic mass is 10.2. The van der Waals surface area contributed by atoms with Crippen LogP contribution in [0.15, 0.2) is 64.1 Å². The van der Waals surface area contributed by atoms with Gasteiger partial charge < -0.3 is 5.32 Å². The lowest BCUT2D eigenvalue weighted by Crippen LogP contribution is -2.14. The number of nitrogens with one attached hydrogen (secondary N) is 1. The molecule has 0 bridgehead atoms. The Bertz CT molecular complexity index is 952. The van der Waals surface area contributed by atoms with Gasteiger partial charge in [0.1, 0.15) is 10.8 Å². The van der Waals surface area contributed by atoms with E-state index in [9.17, 15) is 9.18 Å². The average molecular weight is 432 g/mol. The normalized spacial score (nSPS) is 10.6. The molecule has 4 nitrogen and oxygen atoms in total. The number of carbonyl (C=O) groups excluding carboxylic acids is 1. The molecule has 0 fully saturated rings. The van der Waals surface area contributed by atoms with Crippen molar-refractivity contribution in [3.05, 3.63) is 70.6 Å². The molecule has 1 N–H and O–H groups in total. The molecule has 0 aliphatic heterocycles. The van der Waals surface area contributed by atoms with Crippen LogP contribution in [0, 0.1) is 12.7 Å². The lowest BCUT2D eigenvalue weighted by molar-refractivity contribution is -0.113. The van der Waals surface area contributed by atoms with Crippen molar-refractivity contribution < 1.29 is 9.18 Å². The monoisotopic (exact) mass is 431 g/mol. The van der Waals surface area contributed by atoms with Crippen LogP contribution in [-0.2, 0) is 4.79 Å². The molecule has 7 heteroatoms. The van der Waals surface area contributed by atoms with Crippen LogP contribution >= 0.6 is 27.7 Å². The highest BCUT2D eigenvalue weighted by Gasteiger charge is 2.09. The number of hydrogen-bond acceptors (Lipinski definition) is 4.